The first kappa shape index (κ1) is 21.5. The quantitative estimate of drug-likeness (QED) is 0.460. The Hall–Kier alpha value is -3.71. The number of methoxy groups -OCH3 is 1. The maximum absolute atomic E-state index is 5.71. The van der Waals surface area contributed by atoms with Crippen LogP contribution in [0.4, 0.5) is 5.69 Å². The van der Waals surface area contributed by atoms with Gasteiger partial charge in [-0.15, -0.1) is 6.42 Å². The Morgan fingerprint density at radius 3 is 2.38 bits per heavy atom. The van der Waals surface area contributed by atoms with Gasteiger partial charge >= 0.3 is 0 Å². The van der Waals surface area contributed by atoms with Gasteiger partial charge in [-0.05, 0) is 47.4 Å². The van der Waals surface area contributed by atoms with Crippen LogP contribution in [0.5, 0.6) is 11.5 Å². The van der Waals surface area contributed by atoms with E-state index in [-0.39, 0.29) is 6.61 Å². The minimum absolute atomic E-state index is 0.240. The molecule has 3 aromatic carbocycles. The third-order valence-electron chi connectivity index (χ3n) is 5.67. The van der Waals surface area contributed by atoms with Crippen LogP contribution in [0.1, 0.15) is 42.0 Å². The largest absolute Gasteiger partial charge is 0.497 e. The van der Waals surface area contributed by atoms with Gasteiger partial charge in [0, 0.05) is 23.4 Å². The molecule has 1 heterocycles. The fourth-order valence-electron chi connectivity index (χ4n) is 3.87. The van der Waals surface area contributed by atoms with Crippen molar-refractivity contribution in [2.24, 2.45) is 4.99 Å². The van der Waals surface area contributed by atoms with Crippen molar-refractivity contribution in [3.63, 3.8) is 0 Å². The van der Waals surface area contributed by atoms with Gasteiger partial charge in [0.25, 0.3) is 0 Å². The van der Waals surface area contributed by atoms with Crippen molar-refractivity contribution < 1.29 is 9.47 Å². The summed E-state index contributed by atoms with van der Waals surface area (Å²) in [4.78, 5) is 7.24. The van der Waals surface area contributed by atoms with Gasteiger partial charge in [0.05, 0.1) is 12.8 Å². The van der Waals surface area contributed by atoms with E-state index in [0.29, 0.717) is 12.6 Å². The molecular weight excluding hydrogens is 396 g/mol. The Balaban J connectivity index is 1.68. The highest BCUT2D eigenvalue weighted by atomic mass is 16.5. The molecule has 4 rings (SSSR count). The number of benzene rings is 3. The molecule has 0 amide bonds. The standard InChI is InChI=1S/C28H28N2O2/c1-5-16-32-25-14-15-27-26(17-25)28(23-10-8-22(9-11-23)20(2)3)29-19-30(27)18-21-6-12-24(31-4)13-7-21/h1,6-15,17,20H,16,18-19H2,2-4H3. The van der Waals surface area contributed by atoms with E-state index in [1.807, 2.05) is 24.3 Å². The lowest BCUT2D eigenvalue weighted by molar-refractivity contribution is 0.370. The number of anilines is 1. The summed E-state index contributed by atoms with van der Waals surface area (Å²) in [5.74, 6) is 4.63. The molecule has 0 spiro atoms. The Labute approximate surface area is 190 Å². The van der Waals surface area contributed by atoms with Crippen LogP contribution in [-0.2, 0) is 6.54 Å². The fraction of sp³-hybridized carbons (Fsp3) is 0.250. The molecule has 0 atom stereocenters. The number of hydrogen-bond acceptors (Lipinski definition) is 4. The van der Waals surface area contributed by atoms with Crippen LogP contribution in [0.15, 0.2) is 71.7 Å². The van der Waals surface area contributed by atoms with Crippen molar-refractivity contribution in [3.8, 4) is 23.8 Å². The SMILES string of the molecule is C#CCOc1ccc2c(c1)C(c1ccc(C(C)C)cc1)=NCN2Cc1ccc(OC)cc1. The molecule has 0 radical (unpaired) electrons. The number of aliphatic imine (C=N–C) groups is 1. The monoisotopic (exact) mass is 424 g/mol. The van der Waals surface area contributed by atoms with Crippen LogP contribution in [0.2, 0.25) is 0 Å². The zero-order valence-corrected chi connectivity index (χ0v) is 18.8. The van der Waals surface area contributed by atoms with Crippen molar-refractivity contribution in [1.82, 2.24) is 0 Å². The number of rotatable bonds is 7. The predicted molar refractivity (Wildman–Crippen MR) is 131 cm³/mol. The molecule has 1 aliphatic heterocycles. The molecule has 0 aromatic heterocycles. The minimum atomic E-state index is 0.240. The van der Waals surface area contributed by atoms with Crippen molar-refractivity contribution in [2.45, 2.75) is 26.3 Å². The summed E-state index contributed by atoms with van der Waals surface area (Å²) >= 11 is 0. The summed E-state index contributed by atoms with van der Waals surface area (Å²) in [7, 11) is 1.68. The van der Waals surface area contributed by atoms with Crippen LogP contribution in [0.3, 0.4) is 0 Å². The van der Waals surface area contributed by atoms with E-state index >= 15 is 0 Å². The van der Waals surface area contributed by atoms with Crippen molar-refractivity contribution in [2.75, 3.05) is 25.3 Å². The molecule has 0 fully saturated rings. The van der Waals surface area contributed by atoms with E-state index in [1.165, 1.54) is 11.1 Å². The van der Waals surface area contributed by atoms with E-state index in [1.54, 1.807) is 7.11 Å². The molecule has 0 saturated carbocycles. The van der Waals surface area contributed by atoms with Crippen molar-refractivity contribution in [3.05, 3.63) is 89.0 Å². The number of fused-ring (bicyclic) bond motifs is 1. The lowest BCUT2D eigenvalue weighted by Gasteiger charge is -2.31. The maximum atomic E-state index is 5.71. The van der Waals surface area contributed by atoms with Gasteiger partial charge in [-0.3, -0.25) is 4.99 Å². The molecule has 0 bridgehead atoms. The zero-order chi connectivity index (χ0) is 22.5. The molecule has 32 heavy (non-hydrogen) atoms. The first-order chi connectivity index (χ1) is 15.6. The van der Waals surface area contributed by atoms with Gasteiger partial charge in [-0.25, -0.2) is 0 Å². The maximum Gasteiger partial charge on any atom is 0.148 e. The van der Waals surface area contributed by atoms with Gasteiger partial charge in [0.1, 0.15) is 24.8 Å². The molecule has 0 aliphatic carbocycles. The van der Waals surface area contributed by atoms with Crippen LogP contribution in [0, 0.1) is 12.3 Å². The third-order valence-corrected chi connectivity index (χ3v) is 5.67. The second kappa shape index (κ2) is 9.62. The van der Waals surface area contributed by atoms with Gasteiger partial charge in [-0.1, -0.05) is 56.2 Å². The highest BCUT2D eigenvalue weighted by Gasteiger charge is 2.22. The molecule has 162 valence electrons. The molecule has 0 N–H and O–H groups in total. The highest BCUT2D eigenvalue weighted by Crippen LogP contribution is 2.33. The first-order valence-electron chi connectivity index (χ1n) is 10.8. The van der Waals surface area contributed by atoms with E-state index < -0.39 is 0 Å². The van der Waals surface area contributed by atoms with Crippen LogP contribution >= 0.6 is 0 Å². The van der Waals surface area contributed by atoms with E-state index in [0.717, 1.165) is 40.6 Å². The summed E-state index contributed by atoms with van der Waals surface area (Å²) in [6.07, 6.45) is 5.38. The third kappa shape index (κ3) is 4.63. The molecule has 4 heteroatoms. The lowest BCUT2D eigenvalue weighted by Crippen LogP contribution is -2.29. The summed E-state index contributed by atoms with van der Waals surface area (Å²) < 4.78 is 11.0. The van der Waals surface area contributed by atoms with Gasteiger partial charge < -0.3 is 14.4 Å². The Kier molecular flexibility index (Phi) is 6.47. The smallest absolute Gasteiger partial charge is 0.148 e. The molecule has 3 aromatic rings. The minimum Gasteiger partial charge on any atom is -0.497 e. The summed E-state index contributed by atoms with van der Waals surface area (Å²) in [6.45, 7) is 5.99. The van der Waals surface area contributed by atoms with E-state index in [9.17, 15) is 0 Å². The molecule has 0 saturated heterocycles. The molecule has 1 aliphatic rings. The van der Waals surface area contributed by atoms with Crippen LogP contribution in [0.25, 0.3) is 0 Å². The van der Waals surface area contributed by atoms with Crippen molar-refractivity contribution >= 4 is 11.4 Å². The van der Waals surface area contributed by atoms with Crippen LogP contribution in [-0.4, -0.2) is 26.1 Å². The first-order valence-corrected chi connectivity index (χ1v) is 10.8. The Morgan fingerprint density at radius 1 is 1.00 bits per heavy atom. The van der Waals surface area contributed by atoms with Crippen molar-refractivity contribution in [1.29, 1.82) is 0 Å². The molecule has 0 unspecified atom stereocenters. The fourth-order valence-corrected chi connectivity index (χ4v) is 3.87. The number of nitrogens with zero attached hydrogens (tertiary/aromatic N) is 2. The topological polar surface area (TPSA) is 34.1 Å². The second-order valence-corrected chi connectivity index (χ2v) is 8.14. The Bertz CT molecular complexity index is 1140. The number of terminal acetylenes is 1. The number of hydrogen-bond donors (Lipinski definition) is 0. The normalized spacial score (nSPS) is 12.7. The zero-order valence-electron chi connectivity index (χ0n) is 18.8. The number of ether oxygens (including phenoxy) is 2. The highest BCUT2D eigenvalue weighted by molar-refractivity contribution is 6.17. The average Bonchev–Trinajstić information content (AvgIpc) is 2.83. The van der Waals surface area contributed by atoms with E-state index in [2.05, 4.69) is 67.1 Å². The van der Waals surface area contributed by atoms with Gasteiger partial charge in [-0.2, -0.15) is 0 Å². The summed E-state index contributed by atoms with van der Waals surface area (Å²) in [6, 6.07) is 23.0. The Morgan fingerprint density at radius 2 is 1.72 bits per heavy atom. The lowest BCUT2D eigenvalue weighted by atomic mass is 9.95. The second-order valence-electron chi connectivity index (χ2n) is 8.14. The average molecular weight is 425 g/mol. The van der Waals surface area contributed by atoms with Gasteiger partial charge in [0.15, 0.2) is 0 Å². The summed E-state index contributed by atoms with van der Waals surface area (Å²) in [5.41, 5.74) is 6.78. The van der Waals surface area contributed by atoms with Crippen LogP contribution < -0.4 is 14.4 Å². The van der Waals surface area contributed by atoms with Gasteiger partial charge in [0.2, 0.25) is 0 Å². The van der Waals surface area contributed by atoms with E-state index in [4.69, 9.17) is 20.9 Å². The molecule has 4 nitrogen and oxygen atoms in total. The molecular formula is C28H28N2O2. The predicted octanol–water partition coefficient (Wildman–Crippen LogP) is 5.65. The summed E-state index contributed by atoms with van der Waals surface area (Å²) in [5, 5.41) is 0.